The number of nitrogens with zero attached hydrogens (tertiary/aromatic N) is 1. The molecule has 2 aromatic rings. The molecule has 1 atom stereocenters. The monoisotopic (exact) mass is 397 g/mol. The second-order valence-electron chi connectivity index (χ2n) is 7.64. The van der Waals surface area contributed by atoms with Gasteiger partial charge < -0.3 is 23.8 Å². The number of hydrogen-bond acceptors (Lipinski definition) is 5. The molecule has 1 saturated carbocycles. The van der Waals surface area contributed by atoms with Crippen LogP contribution < -0.4 is 18.9 Å². The van der Waals surface area contributed by atoms with Gasteiger partial charge in [-0.05, 0) is 67.0 Å². The van der Waals surface area contributed by atoms with Crippen LogP contribution in [0.15, 0.2) is 36.4 Å². The summed E-state index contributed by atoms with van der Waals surface area (Å²) in [6.45, 7) is 0.889. The number of amides is 1. The van der Waals surface area contributed by atoms with Gasteiger partial charge in [0.15, 0.2) is 23.0 Å². The van der Waals surface area contributed by atoms with Gasteiger partial charge in [-0.1, -0.05) is 6.07 Å². The molecule has 0 aromatic heterocycles. The van der Waals surface area contributed by atoms with Gasteiger partial charge in [0.25, 0.3) is 5.91 Å². The highest BCUT2D eigenvalue weighted by Crippen LogP contribution is 2.46. The van der Waals surface area contributed by atoms with Crippen LogP contribution in [0.4, 0.5) is 0 Å². The molecule has 6 heteroatoms. The molecule has 1 heterocycles. The Kier molecular flexibility index (Phi) is 5.51. The third kappa shape index (κ3) is 4.11. The molecule has 6 nitrogen and oxygen atoms in total. The second kappa shape index (κ2) is 8.23. The summed E-state index contributed by atoms with van der Waals surface area (Å²) in [5.41, 5.74) is 1.86. The number of carbonyl (C=O) groups is 1. The Morgan fingerprint density at radius 3 is 2.55 bits per heavy atom. The summed E-state index contributed by atoms with van der Waals surface area (Å²) in [7, 11) is 5.16. The predicted octanol–water partition coefficient (Wildman–Crippen LogP) is 4.09. The molecule has 1 amide bonds. The zero-order valence-electron chi connectivity index (χ0n) is 17.1. The van der Waals surface area contributed by atoms with Gasteiger partial charge in [0.05, 0.1) is 14.2 Å². The van der Waals surface area contributed by atoms with Crippen LogP contribution in [0.5, 0.6) is 23.0 Å². The lowest BCUT2D eigenvalue weighted by Gasteiger charge is -2.23. The normalized spacial score (nSPS) is 15.7. The Morgan fingerprint density at radius 2 is 1.83 bits per heavy atom. The van der Waals surface area contributed by atoms with Gasteiger partial charge in [0.2, 0.25) is 6.79 Å². The van der Waals surface area contributed by atoms with Crippen LogP contribution in [0.3, 0.4) is 0 Å². The van der Waals surface area contributed by atoms with Gasteiger partial charge >= 0.3 is 0 Å². The highest BCUT2D eigenvalue weighted by Gasteiger charge is 2.33. The van der Waals surface area contributed by atoms with Crippen molar-refractivity contribution in [3.05, 3.63) is 47.5 Å². The maximum absolute atomic E-state index is 12.9. The highest BCUT2D eigenvalue weighted by molar-refractivity contribution is 5.94. The van der Waals surface area contributed by atoms with Crippen molar-refractivity contribution >= 4 is 5.91 Å². The van der Waals surface area contributed by atoms with Gasteiger partial charge in [0.1, 0.15) is 0 Å². The summed E-state index contributed by atoms with van der Waals surface area (Å²) >= 11 is 0. The Bertz CT molecular complexity index is 893. The van der Waals surface area contributed by atoms with Gasteiger partial charge in [-0.3, -0.25) is 4.79 Å². The minimum Gasteiger partial charge on any atom is -0.493 e. The molecule has 2 aliphatic rings. The van der Waals surface area contributed by atoms with E-state index in [0.717, 1.165) is 17.9 Å². The first-order valence-corrected chi connectivity index (χ1v) is 9.97. The van der Waals surface area contributed by atoms with Gasteiger partial charge in [-0.15, -0.1) is 0 Å². The number of rotatable bonds is 8. The number of fused-ring (bicyclic) bond motifs is 1. The van der Waals surface area contributed by atoms with E-state index in [-0.39, 0.29) is 12.7 Å². The summed E-state index contributed by atoms with van der Waals surface area (Å²) in [4.78, 5) is 14.6. The fraction of sp³-hybridized carbons (Fsp3) is 0.435. The van der Waals surface area contributed by atoms with E-state index in [0.29, 0.717) is 35.4 Å². The van der Waals surface area contributed by atoms with Crippen molar-refractivity contribution in [1.82, 2.24) is 4.90 Å². The van der Waals surface area contributed by atoms with Crippen LogP contribution in [-0.2, 0) is 0 Å². The number of benzene rings is 2. The summed E-state index contributed by atoms with van der Waals surface area (Å²) in [6.07, 6.45) is 3.38. The smallest absolute Gasteiger partial charge is 0.253 e. The lowest BCUT2D eigenvalue weighted by atomic mass is 9.90. The molecule has 0 spiro atoms. The van der Waals surface area contributed by atoms with Crippen molar-refractivity contribution in [3.8, 4) is 23.0 Å². The third-order valence-corrected chi connectivity index (χ3v) is 5.77. The number of ether oxygens (including phenoxy) is 4. The minimum absolute atomic E-state index is 0.00911. The summed E-state index contributed by atoms with van der Waals surface area (Å²) < 4.78 is 21.5. The minimum atomic E-state index is -0.00911. The van der Waals surface area contributed by atoms with Gasteiger partial charge in [-0.2, -0.15) is 0 Å². The van der Waals surface area contributed by atoms with E-state index in [4.69, 9.17) is 18.9 Å². The number of methoxy groups -OCH3 is 2. The van der Waals surface area contributed by atoms with Crippen LogP contribution in [0.2, 0.25) is 0 Å². The maximum atomic E-state index is 12.9. The van der Waals surface area contributed by atoms with Crippen LogP contribution in [0.1, 0.15) is 41.1 Å². The SMILES string of the molecule is COc1ccc(C(CCN(C)C(=O)c2ccc3c(c2)OCO3)C2CC2)cc1OC. The Balaban J connectivity index is 1.44. The van der Waals surface area contributed by atoms with E-state index >= 15 is 0 Å². The topological polar surface area (TPSA) is 57.2 Å². The first kappa shape index (κ1) is 19.4. The molecule has 1 aliphatic heterocycles. The average molecular weight is 397 g/mol. The van der Waals surface area contributed by atoms with Crippen molar-refractivity contribution in [3.63, 3.8) is 0 Å². The molecule has 0 saturated heterocycles. The third-order valence-electron chi connectivity index (χ3n) is 5.77. The van der Waals surface area contributed by atoms with E-state index in [2.05, 4.69) is 12.1 Å². The molecule has 0 radical (unpaired) electrons. The van der Waals surface area contributed by atoms with Crippen LogP contribution in [0.25, 0.3) is 0 Å². The molecule has 0 bridgehead atoms. The lowest BCUT2D eigenvalue weighted by Crippen LogP contribution is -2.29. The number of hydrogen-bond donors (Lipinski definition) is 0. The van der Waals surface area contributed by atoms with Crippen molar-refractivity contribution in [2.24, 2.45) is 5.92 Å². The lowest BCUT2D eigenvalue weighted by molar-refractivity contribution is 0.0789. The van der Waals surface area contributed by atoms with Gasteiger partial charge in [-0.25, -0.2) is 0 Å². The van der Waals surface area contributed by atoms with Crippen LogP contribution in [-0.4, -0.2) is 45.4 Å². The molecule has 1 aliphatic carbocycles. The van der Waals surface area contributed by atoms with E-state index in [9.17, 15) is 4.79 Å². The largest absolute Gasteiger partial charge is 0.493 e. The fourth-order valence-corrected chi connectivity index (χ4v) is 3.94. The first-order valence-electron chi connectivity index (χ1n) is 9.97. The Morgan fingerprint density at radius 1 is 1.07 bits per heavy atom. The van der Waals surface area contributed by atoms with Crippen molar-refractivity contribution in [2.75, 3.05) is 34.6 Å². The molecule has 1 unspecified atom stereocenters. The van der Waals surface area contributed by atoms with E-state index in [1.807, 2.05) is 13.1 Å². The van der Waals surface area contributed by atoms with E-state index < -0.39 is 0 Å². The highest BCUT2D eigenvalue weighted by atomic mass is 16.7. The molecule has 2 aromatic carbocycles. The van der Waals surface area contributed by atoms with Gasteiger partial charge in [0, 0.05) is 19.2 Å². The quantitative estimate of drug-likeness (QED) is 0.672. The Labute approximate surface area is 171 Å². The van der Waals surface area contributed by atoms with E-state index in [1.54, 1.807) is 37.3 Å². The summed E-state index contributed by atoms with van der Waals surface area (Å²) in [5.74, 6) is 3.87. The predicted molar refractivity (Wildman–Crippen MR) is 109 cm³/mol. The first-order chi connectivity index (χ1) is 14.1. The van der Waals surface area contributed by atoms with Crippen molar-refractivity contribution in [2.45, 2.75) is 25.2 Å². The standard InChI is InChI=1S/C23H27NO5/c1-24(23(25)17-7-9-20-22(13-17)29-14-28-20)11-10-18(15-4-5-15)16-6-8-19(26-2)21(12-16)27-3/h6-9,12-13,15,18H,4-5,10-11,14H2,1-3H3. The van der Waals surface area contributed by atoms with E-state index in [1.165, 1.54) is 18.4 Å². The zero-order valence-corrected chi connectivity index (χ0v) is 17.1. The maximum Gasteiger partial charge on any atom is 0.253 e. The number of carbonyl (C=O) groups excluding carboxylic acids is 1. The van der Waals surface area contributed by atoms with Crippen LogP contribution in [0, 0.1) is 5.92 Å². The summed E-state index contributed by atoms with van der Waals surface area (Å²) in [6, 6.07) is 11.5. The van der Waals surface area contributed by atoms with Crippen molar-refractivity contribution in [1.29, 1.82) is 0 Å². The molecule has 154 valence electrons. The molecule has 1 fully saturated rings. The molecular weight excluding hydrogens is 370 g/mol. The molecule has 0 N–H and O–H groups in total. The molecule has 29 heavy (non-hydrogen) atoms. The fourth-order valence-electron chi connectivity index (χ4n) is 3.94. The van der Waals surface area contributed by atoms with Crippen LogP contribution >= 0.6 is 0 Å². The molecule has 4 rings (SSSR count). The second-order valence-corrected chi connectivity index (χ2v) is 7.64. The Hall–Kier alpha value is -2.89. The molecular formula is C23H27NO5. The zero-order chi connectivity index (χ0) is 20.4. The average Bonchev–Trinajstić information content (AvgIpc) is 3.48. The summed E-state index contributed by atoms with van der Waals surface area (Å²) in [5, 5.41) is 0. The van der Waals surface area contributed by atoms with Crippen molar-refractivity contribution < 1.29 is 23.7 Å².